The molecule has 0 amide bonds. The first kappa shape index (κ1) is 25.9. The number of hydrogen-bond donors (Lipinski definition) is 0. The molecule has 4 heterocycles. The summed E-state index contributed by atoms with van der Waals surface area (Å²) in [5.74, 6) is 0.207. The van der Waals surface area contributed by atoms with Gasteiger partial charge in [-0.15, -0.1) is 0 Å². The quantitative estimate of drug-likeness (QED) is 0.120. The Morgan fingerprint density at radius 2 is 1.37 bits per heavy atom. The highest BCUT2D eigenvalue weighted by Crippen LogP contribution is 2.49. The molecule has 3 heteroatoms. The maximum absolute atomic E-state index is 4.46. The maximum Gasteiger partial charge on any atom is 0.214 e. The van der Waals surface area contributed by atoms with Gasteiger partial charge in [0.05, 0.1) is 19.2 Å². The lowest BCUT2D eigenvalue weighted by molar-refractivity contribution is -0.738. The van der Waals surface area contributed by atoms with Gasteiger partial charge in [-0.2, -0.15) is 9.13 Å². The van der Waals surface area contributed by atoms with Gasteiger partial charge in [-0.05, 0) is 46.9 Å². The Morgan fingerprint density at radius 3 is 2.05 bits per heavy atom. The molecule has 0 N–H and O–H groups in total. The van der Waals surface area contributed by atoms with Gasteiger partial charge in [0.2, 0.25) is 11.4 Å². The largest absolute Gasteiger partial charge is 0.214 e. The summed E-state index contributed by atoms with van der Waals surface area (Å²) in [4.78, 5) is 0. The molecule has 2 aliphatic rings. The third kappa shape index (κ3) is 4.06. The first-order chi connectivity index (χ1) is 19.9. The molecule has 202 valence electrons. The van der Waals surface area contributed by atoms with Crippen LogP contribution >= 0.6 is 0 Å². The molecule has 5 aromatic rings. The molecule has 2 aromatic heterocycles. The van der Waals surface area contributed by atoms with Crippen LogP contribution in [0.3, 0.4) is 0 Å². The van der Waals surface area contributed by atoms with Crippen molar-refractivity contribution in [3.8, 4) is 33.6 Å². The molecule has 3 aromatic carbocycles. The molecule has 3 unspecified atom stereocenters. The van der Waals surface area contributed by atoms with E-state index >= 15 is 0 Å². The standard InChI is InChI=1S/C38H38N2Si/c1-6-26-23-35-29-17-11-13-19-31(29)37(33(7-2)40(35)25-36(26)41(3,4)5)38-32-20-14-12-18-30(32)34-24-28(21-22-39(34)38)27-15-9-8-10-16-27/h7-25,33,37-38H,2,6H2,1,3-5H3/q+2. The van der Waals surface area contributed by atoms with Crippen LogP contribution in [0.1, 0.15) is 41.6 Å². The minimum atomic E-state index is -1.56. The molecule has 2 nitrogen and oxygen atoms in total. The van der Waals surface area contributed by atoms with Crippen molar-refractivity contribution in [2.45, 2.75) is 51.0 Å². The zero-order chi connectivity index (χ0) is 28.3. The van der Waals surface area contributed by atoms with E-state index in [-0.39, 0.29) is 18.0 Å². The first-order valence-electron chi connectivity index (χ1n) is 14.9. The van der Waals surface area contributed by atoms with Crippen molar-refractivity contribution in [3.05, 3.63) is 139 Å². The Balaban J connectivity index is 1.47. The van der Waals surface area contributed by atoms with E-state index in [2.05, 4.69) is 158 Å². The molecule has 41 heavy (non-hydrogen) atoms. The van der Waals surface area contributed by atoms with Crippen LogP contribution in [0, 0.1) is 0 Å². The van der Waals surface area contributed by atoms with Crippen LogP contribution in [-0.4, -0.2) is 8.07 Å². The third-order valence-electron chi connectivity index (χ3n) is 9.21. The van der Waals surface area contributed by atoms with E-state index in [1.165, 1.54) is 50.3 Å². The second-order valence-electron chi connectivity index (χ2n) is 12.6. The van der Waals surface area contributed by atoms with Gasteiger partial charge >= 0.3 is 0 Å². The molecule has 2 aliphatic heterocycles. The number of nitrogens with zero attached hydrogens (tertiary/aromatic N) is 2. The summed E-state index contributed by atoms with van der Waals surface area (Å²) < 4.78 is 5.09. The third-order valence-corrected chi connectivity index (χ3v) is 11.3. The van der Waals surface area contributed by atoms with Gasteiger partial charge in [0.1, 0.15) is 5.92 Å². The highest BCUT2D eigenvalue weighted by Gasteiger charge is 2.51. The predicted molar refractivity (Wildman–Crippen MR) is 172 cm³/mol. The van der Waals surface area contributed by atoms with Crippen LogP contribution in [-0.2, 0) is 6.42 Å². The number of aryl methyl sites for hydroxylation is 1. The molecule has 0 fully saturated rings. The van der Waals surface area contributed by atoms with Crippen molar-refractivity contribution < 1.29 is 9.13 Å². The molecule has 0 radical (unpaired) electrons. The maximum atomic E-state index is 4.46. The monoisotopic (exact) mass is 550 g/mol. The zero-order valence-corrected chi connectivity index (χ0v) is 25.5. The van der Waals surface area contributed by atoms with Gasteiger partial charge in [0.25, 0.3) is 0 Å². The Morgan fingerprint density at radius 1 is 0.732 bits per heavy atom. The van der Waals surface area contributed by atoms with Gasteiger partial charge in [-0.3, -0.25) is 0 Å². The van der Waals surface area contributed by atoms with Gasteiger partial charge in [-0.25, -0.2) is 0 Å². The fraction of sp³-hybridized carbons (Fsp3) is 0.211. The van der Waals surface area contributed by atoms with Gasteiger partial charge in [0, 0.05) is 28.9 Å². The van der Waals surface area contributed by atoms with Gasteiger partial charge in [0.15, 0.2) is 24.5 Å². The van der Waals surface area contributed by atoms with E-state index in [0.717, 1.165) is 6.42 Å². The molecule has 7 rings (SSSR count). The van der Waals surface area contributed by atoms with Crippen LogP contribution in [0.15, 0.2) is 122 Å². The lowest BCUT2D eigenvalue weighted by atomic mass is 9.76. The highest BCUT2D eigenvalue weighted by atomic mass is 28.3. The van der Waals surface area contributed by atoms with E-state index in [1.54, 1.807) is 5.19 Å². The van der Waals surface area contributed by atoms with Gasteiger partial charge in [-0.1, -0.05) is 99.9 Å². The van der Waals surface area contributed by atoms with Crippen molar-refractivity contribution in [3.63, 3.8) is 0 Å². The number of hydrogen-bond acceptors (Lipinski definition) is 0. The molecule has 3 atom stereocenters. The predicted octanol–water partition coefficient (Wildman–Crippen LogP) is 7.80. The van der Waals surface area contributed by atoms with Crippen LogP contribution < -0.4 is 14.3 Å². The first-order valence-corrected chi connectivity index (χ1v) is 18.4. The fourth-order valence-electron chi connectivity index (χ4n) is 7.32. The number of fused-ring (bicyclic) bond motifs is 6. The van der Waals surface area contributed by atoms with Crippen LogP contribution in [0.5, 0.6) is 0 Å². The summed E-state index contributed by atoms with van der Waals surface area (Å²) in [6, 6.07) is 36.3. The molecule has 0 aliphatic carbocycles. The molecule has 0 saturated carbocycles. The average Bonchev–Trinajstić information content (AvgIpc) is 3.33. The molecule has 0 spiro atoms. The normalized spacial score (nSPS) is 18.7. The summed E-state index contributed by atoms with van der Waals surface area (Å²) in [7, 11) is -1.56. The summed E-state index contributed by atoms with van der Waals surface area (Å²) in [6.07, 6.45) is 8.07. The number of benzene rings is 3. The number of aromatic nitrogens is 2. The highest BCUT2D eigenvalue weighted by molar-refractivity contribution is 6.89. The fourth-order valence-corrected chi connectivity index (χ4v) is 9.06. The van der Waals surface area contributed by atoms with Crippen LogP contribution in [0.2, 0.25) is 19.6 Å². The van der Waals surface area contributed by atoms with Crippen molar-refractivity contribution in [1.82, 2.24) is 0 Å². The van der Waals surface area contributed by atoms with E-state index in [0.29, 0.717) is 0 Å². The number of rotatable bonds is 5. The zero-order valence-electron chi connectivity index (χ0n) is 24.5. The molecular weight excluding hydrogens is 513 g/mol. The van der Waals surface area contributed by atoms with E-state index in [4.69, 9.17) is 0 Å². The Labute approximate surface area is 245 Å². The second kappa shape index (κ2) is 9.78. The van der Waals surface area contributed by atoms with Crippen molar-refractivity contribution in [2.24, 2.45) is 0 Å². The summed E-state index contributed by atoms with van der Waals surface area (Å²) in [5.41, 5.74) is 12.1. The van der Waals surface area contributed by atoms with E-state index in [9.17, 15) is 0 Å². The lowest BCUT2D eigenvalue weighted by Crippen LogP contribution is -2.56. The van der Waals surface area contributed by atoms with Gasteiger partial charge < -0.3 is 0 Å². The SMILES string of the molecule is C=CC1C(C2c3ccccc3-c3cc(-c4ccccc4)cc[n+]32)c2ccccc2-c2cc(CC)c([Si](C)(C)C)c[n+]21. The topological polar surface area (TPSA) is 7.76 Å². The smallest absolute Gasteiger partial charge is 0.191 e. The van der Waals surface area contributed by atoms with E-state index in [1.807, 2.05) is 0 Å². The number of allylic oxidation sites excluding steroid dienone is 1. The van der Waals surface area contributed by atoms with Crippen LogP contribution in [0.25, 0.3) is 33.6 Å². The molecule has 0 bridgehead atoms. The van der Waals surface area contributed by atoms with Crippen LogP contribution in [0.4, 0.5) is 0 Å². The molecule has 0 saturated heterocycles. The Hall–Kier alpha value is -4.08. The van der Waals surface area contributed by atoms with Crippen molar-refractivity contribution in [2.75, 3.05) is 0 Å². The average molecular weight is 551 g/mol. The lowest BCUT2D eigenvalue weighted by Gasteiger charge is -2.32. The minimum Gasteiger partial charge on any atom is -0.191 e. The number of pyridine rings is 2. The van der Waals surface area contributed by atoms with Crippen molar-refractivity contribution in [1.29, 1.82) is 0 Å². The summed E-state index contributed by atoms with van der Waals surface area (Å²) >= 11 is 0. The second-order valence-corrected chi connectivity index (χ2v) is 17.6. The Bertz CT molecular complexity index is 1800. The summed E-state index contributed by atoms with van der Waals surface area (Å²) in [6.45, 7) is 14.2. The van der Waals surface area contributed by atoms with Crippen molar-refractivity contribution >= 4 is 13.3 Å². The van der Waals surface area contributed by atoms with E-state index < -0.39 is 8.07 Å². The minimum absolute atomic E-state index is 0.131. The summed E-state index contributed by atoms with van der Waals surface area (Å²) in [5, 5.41) is 1.56. The molecular formula is C38H38N2Si+2. The Kier molecular flexibility index (Phi) is 6.17.